The molecule has 0 spiro atoms. The van der Waals surface area contributed by atoms with Crippen LogP contribution in [-0.2, 0) is 0 Å². The van der Waals surface area contributed by atoms with Crippen molar-refractivity contribution in [3.05, 3.63) is 60.7 Å². The Hall–Kier alpha value is -2.88. The number of hydrogen-bond donors (Lipinski definition) is 2. The van der Waals surface area contributed by atoms with Crippen molar-refractivity contribution in [2.24, 2.45) is 10.2 Å². The zero-order chi connectivity index (χ0) is 13.9. The standard InChI is InChI=1S/C16H14N4/c17-12-8-9-16(14(18)10-12)20-19-15-7-3-5-11-4-1-2-6-13(11)15/h1-10H,17-18H2/b20-19+. The molecule has 0 fully saturated rings. The number of anilines is 2. The zero-order valence-corrected chi connectivity index (χ0v) is 10.8. The Kier molecular flexibility index (Phi) is 3.05. The molecule has 0 aliphatic heterocycles. The van der Waals surface area contributed by atoms with E-state index < -0.39 is 0 Å². The molecule has 3 aromatic carbocycles. The van der Waals surface area contributed by atoms with E-state index >= 15 is 0 Å². The number of nitrogen functional groups attached to an aromatic ring is 2. The second-order valence-corrected chi connectivity index (χ2v) is 4.52. The van der Waals surface area contributed by atoms with Crippen molar-refractivity contribution < 1.29 is 0 Å². The van der Waals surface area contributed by atoms with Gasteiger partial charge in [0.2, 0.25) is 0 Å². The van der Waals surface area contributed by atoms with Gasteiger partial charge < -0.3 is 11.5 Å². The molecule has 4 heteroatoms. The molecule has 98 valence electrons. The van der Waals surface area contributed by atoms with Gasteiger partial charge in [0, 0.05) is 11.1 Å². The maximum atomic E-state index is 5.86. The fraction of sp³-hybridized carbons (Fsp3) is 0. The molecule has 4 N–H and O–H groups in total. The number of fused-ring (bicyclic) bond motifs is 1. The van der Waals surface area contributed by atoms with Gasteiger partial charge in [-0.25, -0.2) is 0 Å². The summed E-state index contributed by atoms with van der Waals surface area (Å²) in [6.45, 7) is 0. The van der Waals surface area contributed by atoms with Crippen molar-refractivity contribution in [1.82, 2.24) is 0 Å². The van der Waals surface area contributed by atoms with Crippen molar-refractivity contribution in [3.8, 4) is 0 Å². The molecule has 3 aromatic rings. The van der Waals surface area contributed by atoms with Gasteiger partial charge in [-0.15, -0.1) is 10.2 Å². The van der Waals surface area contributed by atoms with Crippen LogP contribution in [0.15, 0.2) is 70.9 Å². The second-order valence-electron chi connectivity index (χ2n) is 4.52. The smallest absolute Gasteiger partial charge is 0.109 e. The van der Waals surface area contributed by atoms with Gasteiger partial charge in [0.05, 0.1) is 11.4 Å². The van der Waals surface area contributed by atoms with E-state index in [4.69, 9.17) is 11.5 Å². The first-order valence-corrected chi connectivity index (χ1v) is 6.28. The highest BCUT2D eigenvalue weighted by Gasteiger charge is 2.00. The minimum absolute atomic E-state index is 0.522. The van der Waals surface area contributed by atoms with Gasteiger partial charge in [0.15, 0.2) is 0 Å². The second kappa shape index (κ2) is 5.01. The number of rotatable bonds is 2. The van der Waals surface area contributed by atoms with Crippen molar-refractivity contribution >= 4 is 33.5 Å². The lowest BCUT2D eigenvalue weighted by Crippen LogP contribution is -1.89. The van der Waals surface area contributed by atoms with Gasteiger partial charge in [-0.1, -0.05) is 36.4 Å². The minimum atomic E-state index is 0.522. The molecule has 0 aromatic heterocycles. The molecule has 0 aliphatic carbocycles. The van der Waals surface area contributed by atoms with E-state index in [9.17, 15) is 0 Å². The average molecular weight is 262 g/mol. The number of benzene rings is 3. The van der Waals surface area contributed by atoms with E-state index in [0.717, 1.165) is 16.5 Å². The normalized spacial score (nSPS) is 11.2. The third-order valence-corrected chi connectivity index (χ3v) is 3.08. The fourth-order valence-corrected chi connectivity index (χ4v) is 2.07. The van der Waals surface area contributed by atoms with Gasteiger partial charge >= 0.3 is 0 Å². The zero-order valence-electron chi connectivity index (χ0n) is 10.8. The summed E-state index contributed by atoms with van der Waals surface area (Å²) in [5.74, 6) is 0. The maximum Gasteiger partial charge on any atom is 0.109 e. The highest BCUT2D eigenvalue weighted by atomic mass is 15.1. The molecule has 0 radical (unpaired) electrons. The number of azo groups is 1. The number of nitrogens with zero attached hydrogens (tertiary/aromatic N) is 2. The van der Waals surface area contributed by atoms with E-state index in [1.165, 1.54) is 0 Å². The first-order valence-electron chi connectivity index (χ1n) is 6.28. The highest BCUT2D eigenvalue weighted by Crippen LogP contribution is 2.30. The van der Waals surface area contributed by atoms with Crippen LogP contribution in [0.2, 0.25) is 0 Å². The quantitative estimate of drug-likeness (QED) is 0.529. The molecule has 3 rings (SSSR count). The van der Waals surface area contributed by atoms with Gasteiger partial charge in [-0.2, -0.15) is 0 Å². The lowest BCUT2D eigenvalue weighted by atomic mass is 10.1. The summed E-state index contributed by atoms with van der Waals surface area (Å²) in [6.07, 6.45) is 0. The third kappa shape index (κ3) is 2.31. The van der Waals surface area contributed by atoms with Crippen molar-refractivity contribution in [2.75, 3.05) is 11.5 Å². The maximum absolute atomic E-state index is 5.86. The molecule has 0 aliphatic rings. The molecule has 0 saturated heterocycles. The van der Waals surface area contributed by atoms with E-state index in [1.54, 1.807) is 18.2 Å². The summed E-state index contributed by atoms with van der Waals surface area (Å²) >= 11 is 0. The minimum Gasteiger partial charge on any atom is -0.399 e. The predicted octanol–water partition coefficient (Wildman–Crippen LogP) is 4.42. The van der Waals surface area contributed by atoms with Crippen LogP contribution in [-0.4, -0.2) is 0 Å². The van der Waals surface area contributed by atoms with Gasteiger partial charge in [0.25, 0.3) is 0 Å². The Morgan fingerprint density at radius 1 is 0.700 bits per heavy atom. The molecule has 4 nitrogen and oxygen atoms in total. The summed E-state index contributed by atoms with van der Waals surface area (Å²) in [7, 11) is 0. The lowest BCUT2D eigenvalue weighted by molar-refractivity contribution is 1.24. The Bertz CT molecular complexity index is 788. The van der Waals surface area contributed by atoms with Crippen LogP contribution in [0, 0.1) is 0 Å². The first-order chi connectivity index (χ1) is 9.74. The summed E-state index contributed by atoms with van der Waals surface area (Å²) in [5, 5.41) is 10.7. The summed E-state index contributed by atoms with van der Waals surface area (Å²) in [5.41, 5.74) is 14.1. The molecule has 0 heterocycles. The van der Waals surface area contributed by atoms with E-state index in [2.05, 4.69) is 10.2 Å². The predicted molar refractivity (Wildman–Crippen MR) is 83.4 cm³/mol. The van der Waals surface area contributed by atoms with Crippen LogP contribution in [0.5, 0.6) is 0 Å². The van der Waals surface area contributed by atoms with Crippen LogP contribution >= 0.6 is 0 Å². The highest BCUT2D eigenvalue weighted by molar-refractivity contribution is 5.92. The Labute approximate surface area is 116 Å². The lowest BCUT2D eigenvalue weighted by Gasteiger charge is -2.02. The molecule has 0 saturated carbocycles. The Balaban J connectivity index is 2.02. The Morgan fingerprint density at radius 2 is 1.45 bits per heavy atom. The largest absolute Gasteiger partial charge is 0.399 e. The van der Waals surface area contributed by atoms with Gasteiger partial charge in [-0.3, -0.25) is 0 Å². The molecular weight excluding hydrogens is 248 g/mol. The molecule has 20 heavy (non-hydrogen) atoms. The summed E-state index contributed by atoms with van der Waals surface area (Å²) in [4.78, 5) is 0. The third-order valence-electron chi connectivity index (χ3n) is 3.08. The fourth-order valence-electron chi connectivity index (χ4n) is 2.07. The molecule has 0 amide bonds. The number of hydrogen-bond acceptors (Lipinski definition) is 4. The molecule has 0 bridgehead atoms. The van der Waals surface area contributed by atoms with E-state index in [1.807, 2.05) is 42.5 Å². The monoisotopic (exact) mass is 262 g/mol. The van der Waals surface area contributed by atoms with Crippen LogP contribution < -0.4 is 11.5 Å². The summed E-state index contributed by atoms with van der Waals surface area (Å²) < 4.78 is 0. The number of nitrogens with two attached hydrogens (primary N) is 2. The average Bonchev–Trinajstić information content (AvgIpc) is 2.46. The van der Waals surface area contributed by atoms with Crippen molar-refractivity contribution in [3.63, 3.8) is 0 Å². The van der Waals surface area contributed by atoms with E-state index in [0.29, 0.717) is 17.1 Å². The molecule has 0 atom stereocenters. The van der Waals surface area contributed by atoms with Crippen molar-refractivity contribution in [2.45, 2.75) is 0 Å². The first kappa shape index (κ1) is 12.2. The van der Waals surface area contributed by atoms with Crippen molar-refractivity contribution in [1.29, 1.82) is 0 Å². The molecular formula is C16H14N4. The molecule has 0 unspecified atom stereocenters. The summed E-state index contributed by atoms with van der Waals surface area (Å²) in [6, 6.07) is 19.2. The Morgan fingerprint density at radius 3 is 2.30 bits per heavy atom. The van der Waals surface area contributed by atoms with Gasteiger partial charge in [-0.05, 0) is 29.7 Å². The SMILES string of the molecule is Nc1ccc(/N=N/c2cccc3ccccc23)c(N)c1. The van der Waals surface area contributed by atoms with Crippen LogP contribution in [0.1, 0.15) is 0 Å². The van der Waals surface area contributed by atoms with E-state index in [-0.39, 0.29) is 0 Å². The van der Waals surface area contributed by atoms with Crippen LogP contribution in [0.25, 0.3) is 10.8 Å². The van der Waals surface area contributed by atoms with Crippen LogP contribution in [0.3, 0.4) is 0 Å². The van der Waals surface area contributed by atoms with Crippen LogP contribution in [0.4, 0.5) is 22.7 Å². The van der Waals surface area contributed by atoms with Gasteiger partial charge in [0.1, 0.15) is 5.69 Å². The topological polar surface area (TPSA) is 76.8 Å².